The van der Waals surface area contributed by atoms with E-state index in [1.165, 1.54) is 29.9 Å². The summed E-state index contributed by atoms with van der Waals surface area (Å²) in [4.78, 5) is 49.3. The van der Waals surface area contributed by atoms with Crippen molar-refractivity contribution in [3.63, 3.8) is 0 Å². The Hall–Kier alpha value is -5.37. The molecule has 2 N–H and O–H groups in total. The number of hydrogen-bond donors (Lipinski definition) is 2. The third kappa shape index (κ3) is 8.54. The van der Waals surface area contributed by atoms with Crippen molar-refractivity contribution in [1.82, 2.24) is 29.8 Å². The van der Waals surface area contributed by atoms with Gasteiger partial charge in [0.25, 0.3) is 11.8 Å². The monoisotopic (exact) mass is 799 g/mol. The van der Waals surface area contributed by atoms with Crippen molar-refractivity contribution < 1.29 is 59.4 Å². The predicted molar refractivity (Wildman–Crippen MR) is 183 cm³/mol. The fourth-order valence-electron chi connectivity index (χ4n) is 6.19. The first-order valence-electron chi connectivity index (χ1n) is 17.1. The van der Waals surface area contributed by atoms with Gasteiger partial charge in [0.1, 0.15) is 30.0 Å². The van der Waals surface area contributed by atoms with Gasteiger partial charge in [-0.1, -0.05) is 6.07 Å². The first-order chi connectivity index (χ1) is 26.2. The van der Waals surface area contributed by atoms with E-state index in [9.17, 15) is 45.8 Å². The highest BCUT2D eigenvalue weighted by atomic mass is 19.4. The van der Waals surface area contributed by atoms with E-state index in [1.807, 2.05) is 4.90 Å². The molecule has 1 saturated carbocycles. The van der Waals surface area contributed by atoms with E-state index < -0.39 is 93.2 Å². The number of aliphatic hydroxyl groups excluding tert-OH is 1. The molecule has 1 aromatic heterocycles. The summed E-state index contributed by atoms with van der Waals surface area (Å²) < 4.78 is 118. The van der Waals surface area contributed by atoms with Crippen LogP contribution in [-0.4, -0.2) is 106 Å². The number of amides is 3. The normalized spacial score (nSPS) is 16.0. The molecule has 5 rings (SSSR count). The minimum atomic E-state index is -5.00. The van der Waals surface area contributed by atoms with E-state index in [0.717, 1.165) is 17.1 Å². The van der Waals surface area contributed by atoms with Crippen LogP contribution in [0.5, 0.6) is 5.75 Å². The lowest BCUT2D eigenvalue weighted by molar-refractivity contribution is -0.172. The minimum Gasteiger partial charge on any atom is -0.509 e. The number of carbonyl (C=O) groups excluding carboxylic acids is 3. The van der Waals surface area contributed by atoms with Crippen LogP contribution in [-0.2, 0) is 33.3 Å². The summed E-state index contributed by atoms with van der Waals surface area (Å²) in [6.07, 6.45) is -8.51. The van der Waals surface area contributed by atoms with Crippen LogP contribution in [0.15, 0.2) is 54.1 Å². The van der Waals surface area contributed by atoms with Crippen LogP contribution in [0.1, 0.15) is 43.0 Å². The molecule has 1 aliphatic heterocycles. The van der Waals surface area contributed by atoms with Gasteiger partial charge >= 0.3 is 12.4 Å². The molecule has 0 unspecified atom stereocenters. The number of rotatable bonds is 12. The topological polar surface area (TPSA) is 131 Å². The molecule has 2 aromatic carbocycles. The second-order valence-electron chi connectivity index (χ2n) is 13.4. The molecule has 302 valence electrons. The van der Waals surface area contributed by atoms with Gasteiger partial charge in [-0.2, -0.15) is 30.7 Å². The van der Waals surface area contributed by atoms with Gasteiger partial charge < -0.3 is 25.0 Å². The fourth-order valence-corrected chi connectivity index (χ4v) is 6.19. The van der Waals surface area contributed by atoms with Crippen molar-refractivity contribution in [3.05, 3.63) is 82.5 Å². The van der Waals surface area contributed by atoms with Crippen molar-refractivity contribution in [2.24, 2.45) is 0 Å². The lowest BCUT2D eigenvalue weighted by atomic mass is 9.72. The Balaban J connectivity index is 1.40. The summed E-state index contributed by atoms with van der Waals surface area (Å²) in [5.41, 5.74) is -7.06. The Bertz CT molecular complexity index is 2040. The summed E-state index contributed by atoms with van der Waals surface area (Å²) in [6.45, 7) is 2.01. The van der Waals surface area contributed by atoms with Crippen LogP contribution in [0.3, 0.4) is 0 Å². The van der Waals surface area contributed by atoms with Crippen LogP contribution in [0.25, 0.3) is 11.3 Å². The summed E-state index contributed by atoms with van der Waals surface area (Å²) in [6, 6.07) is 4.49. The largest absolute Gasteiger partial charge is 0.509 e. The number of aromatic nitrogens is 2. The number of ether oxygens (including phenoxy) is 1. The maximum Gasteiger partial charge on any atom is 0.433 e. The summed E-state index contributed by atoms with van der Waals surface area (Å²) in [5.74, 6) is -6.44. The first kappa shape index (κ1) is 41.8. The fraction of sp³-hybridized carbons (Fsp3) is 0.417. The Labute approximate surface area is 315 Å². The molecule has 0 saturated heterocycles. The van der Waals surface area contributed by atoms with Gasteiger partial charge in [-0.25, -0.2) is 19.4 Å². The lowest BCUT2D eigenvalue weighted by Crippen LogP contribution is -2.65. The maximum absolute atomic E-state index is 15.5. The molecule has 0 atom stereocenters. The highest BCUT2D eigenvalue weighted by Gasteiger charge is 2.55. The van der Waals surface area contributed by atoms with Gasteiger partial charge in [-0.15, -0.1) is 0 Å². The van der Waals surface area contributed by atoms with Crippen LogP contribution in [0, 0.1) is 11.6 Å². The second-order valence-corrected chi connectivity index (χ2v) is 13.4. The quantitative estimate of drug-likeness (QED) is 0.172. The number of alkyl halides is 6. The molecule has 12 nitrogen and oxygen atoms in total. The Morgan fingerprint density at radius 1 is 0.964 bits per heavy atom. The minimum absolute atomic E-state index is 0.0320. The zero-order valence-electron chi connectivity index (χ0n) is 30.5. The molecule has 1 aliphatic carbocycles. The van der Waals surface area contributed by atoms with Crippen LogP contribution in [0.4, 0.5) is 40.8 Å². The number of hydrogen-bond acceptors (Lipinski definition) is 9. The van der Waals surface area contributed by atoms with Gasteiger partial charge in [-0.05, 0) is 56.6 Å². The molecule has 1 fully saturated rings. The van der Waals surface area contributed by atoms with Gasteiger partial charge in [0, 0.05) is 51.8 Å². The number of hydrazine groups is 1. The summed E-state index contributed by atoms with van der Waals surface area (Å²) >= 11 is 0. The second kappa shape index (κ2) is 16.0. The molecule has 0 radical (unpaired) electrons. The maximum atomic E-state index is 15.5. The number of anilines is 1. The number of aliphatic hydroxyl groups is 1. The van der Waals surface area contributed by atoms with E-state index in [4.69, 9.17) is 4.74 Å². The highest BCUT2D eigenvalue weighted by Crippen LogP contribution is 2.47. The predicted octanol–water partition coefficient (Wildman–Crippen LogP) is 5.81. The molecule has 0 bridgehead atoms. The average Bonchev–Trinajstić information content (AvgIpc) is 3.10. The smallest absolute Gasteiger partial charge is 0.433 e. The van der Waals surface area contributed by atoms with E-state index in [0.29, 0.717) is 50.6 Å². The average molecular weight is 800 g/mol. The van der Waals surface area contributed by atoms with Gasteiger partial charge in [0.15, 0.2) is 11.6 Å². The first-order valence-corrected chi connectivity index (χ1v) is 17.1. The Morgan fingerprint density at radius 2 is 1.66 bits per heavy atom. The van der Waals surface area contributed by atoms with E-state index >= 15 is 8.78 Å². The number of halogens is 8. The molecular formula is C36H37F8N7O5. The SMILES string of the molecule is CC(=O)N(C)CCN(C)CCOc1ccc(CN2C(=O)C(C(=O)Nc3ccc(C(F)(F)F)cc3-c3cc(C(F)(F)F)ncn3)=C(O)C3(CCC3)N2C)c(F)c1F. The zero-order chi connectivity index (χ0) is 41.3. The molecular weight excluding hydrogens is 762 g/mol. The Kier molecular flexibility index (Phi) is 11.9. The van der Waals surface area contributed by atoms with Crippen molar-refractivity contribution in [2.45, 2.75) is 50.6 Å². The number of carbonyl (C=O) groups is 3. The van der Waals surface area contributed by atoms with Crippen molar-refractivity contribution in [1.29, 1.82) is 0 Å². The number of nitrogens with one attached hydrogen (secondary N) is 1. The highest BCUT2D eigenvalue weighted by molar-refractivity contribution is 6.24. The van der Waals surface area contributed by atoms with Crippen LogP contribution < -0.4 is 10.1 Å². The number of nitrogens with zero attached hydrogens (tertiary/aromatic N) is 6. The zero-order valence-corrected chi connectivity index (χ0v) is 30.5. The third-order valence-electron chi connectivity index (χ3n) is 9.88. The van der Waals surface area contributed by atoms with Gasteiger partial charge in [-0.3, -0.25) is 19.4 Å². The Morgan fingerprint density at radius 3 is 2.27 bits per heavy atom. The number of benzene rings is 2. The van der Waals surface area contributed by atoms with Crippen molar-refractivity contribution in [2.75, 3.05) is 52.7 Å². The third-order valence-corrected chi connectivity index (χ3v) is 9.88. The lowest BCUT2D eigenvalue weighted by Gasteiger charge is -2.54. The summed E-state index contributed by atoms with van der Waals surface area (Å²) in [7, 11) is 4.80. The van der Waals surface area contributed by atoms with Gasteiger partial charge in [0.2, 0.25) is 11.7 Å². The molecule has 1 spiro atoms. The molecule has 3 amide bonds. The standard InChI is InChI=1S/C36H37F8N7O5/c1-20(52)49(3)13-12-48(2)14-15-56-26-9-6-21(29(37)30(26)38)18-51-33(55)28(31(53)34(50(51)4)10-5-11-34)32(54)47-24-8-7-22(35(39,40)41)16-23(24)25-17-27(36(42,43)44)46-19-45-25/h6-9,16-17,19,53H,5,10-15,18H2,1-4H3,(H,47,54). The van der Waals surface area contributed by atoms with E-state index in [-0.39, 0.29) is 30.9 Å². The van der Waals surface area contributed by atoms with Crippen LogP contribution in [0.2, 0.25) is 0 Å². The van der Waals surface area contributed by atoms with E-state index in [1.54, 1.807) is 14.1 Å². The molecule has 56 heavy (non-hydrogen) atoms. The summed E-state index contributed by atoms with van der Waals surface area (Å²) in [5, 5.41) is 15.8. The van der Waals surface area contributed by atoms with E-state index in [2.05, 4.69) is 15.3 Å². The van der Waals surface area contributed by atoms with Crippen molar-refractivity contribution >= 4 is 23.4 Å². The van der Waals surface area contributed by atoms with Crippen LogP contribution >= 0.6 is 0 Å². The molecule has 2 heterocycles. The number of likely N-dealkylation sites (N-methyl/N-ethyl adjacent to an activating group) is 3. The van der Waals surface area contributed by atoms with Gasteiger partial charge in [0.05, 0.1) is 29.0 Å². The van der Waals surface area contributed by atoms with Crippen molar-refractivity contribution in [3.8, 4) is 17.0 Å². The molecule has 20 heteroatoms. The molecule has 3 aromatic rings. The molecule has 2 aliphatic rings.